The van der Waals surface area contributed by atoms with Gasteiger partial charge in [0.05, 0.1) is 11.9 Å². The number of halogens is 2. The molecule has 226 valence electrons. The molecule has 0 fully saturated rings. The molecule has 10 heteroatoms. The molecule has 3 aromatic rings. The predicted molar refractivity (Wildman–Crippen MR) is 171 cm³/mol. The highest BCUT2D eigenvalue weighted by molar-refractivity contribution is 7.92. The Labute approximate surface area is 259 Å². The molecule has 1 N–H and O–H groups in total. The normalized spacial score (nSPS) is 12.8. The number of benzene rings is 3. The first-order valence-corrected chi connectivity index (χ1v) is 16.6. The van der Waals surface area contributed by atoms with Crippen LogP contribution in [0.15, 0.2) is 72.8 Å². The van der Waals surface area contributed by atoms with Gasteiger partial charge in [-0.25, -0.2) is 8.42 Å². The molecular formula is C32H39Cl2N3O4S. The summed E-state index contributed by atoms with van der Waals surface area (Å²) >= 11 is 13.0. The highest BCUT2D eigenvalue weighted by atomic mass is 35.5. The van der Waals surface area contributed by atoms with Crippen molar-refractivity contribution in [1.82, 2.24) is 10.2 Å². The molecule has 2 amide bonds. The van der Waals surface area contributed by atoms with Crippen molar-refractivity contribution in [1.29, 1.82) is 0 Å². The topological polar surface area (TPSA) is 86.8 Å². The summed E-state index contributed by atoms with van der Waals surface area (Å²) in [5.74, 6) is -0.577. The maximum absolute atomic E-state index is 14.0. The fourth-order valence-corrected chi connectivity index (χ4v) is 6.21. The summed E-state index contributed by atoms with van der Waals surface area (Å²) in [5.41, 5.74) is 2.82. The van der Waals surface area contributed by atoms with Crippen LogP contribution in [0.4, 0.5) is 5.69 Å². The van der Waals surface area contributed by atoms with Gasteiger partial charge in [-0.3, -0.25) is 13.9 Å². The van der Waals surface area contributed by atoms with Crippen molar-refractivity contribution in [3.05, 3.63) is 99.5 Å². The Balaban J connectivity index is 1.94. The van der Waals surface area contributed by atoms with E-state index in [2.05, 4.69) is 5.32 Å². The average molecular weight is 633 g/mol. The van der Waals surface area contributed by atoms with Crippen LogP contribution in [0, 0.1) is 6.92 Å². The lowest BCUT2D eigenvalue weighted by atomic mass is 10.0. The van der Waals surface area contributed by atoms with Gasteiger partial charge in [0.2, 0.25) is 21.8 Å². The SMILES string of the molecule is CC[C@@H](C)NC(=O)[C@@H](Cc1ccccc1)N(Cc1c(Cl)cccc1Cl)C(=O)CCCN(c1ccccc1C)S(C)(=O)=O. The third-order valence-corrected chi connectivity index (χ3v) is 9.09. The lowest BCUT2D eigenvalue weighted by Gasteiger charge is -2.33. The van der Waals surface area contributed by atoms with E-state index < -0.39 is 16.1 Å². The van der Waals surface area contributed by atoms with Crippen LogP contribution in [0.1, 0.15) is 49.8 Å². The van der Waals surface area contributed by atoms with Crippen molar-refractivity contribution in [3.63, 3.8) is 0 Å². The molecule has 0 aliphatic heterocycles. The van der Waals surface area contributed by atoms with Crippen molar-refractivity contribution in [2.75, 3.05) is 17.1 Å². The molecule has 0 aromatic heterocycles. The molecule has 3 rings (SSSR count). The van der Waals surface area contributed by atoms with Gasteiger partial charge in [-0.1, -0.05) is 84.7 Å². The Morgan fingerprint density at radius 1 is 0.929 bits per heavy atom. The van der Waals surface area contributed by atoms with Crippen molar-refractivity contribution in [2.45, 2.75) is 65.1 Å². The number of nitrogens with one attached hydrogen (secondary N) is 1. The van der Waals surface area contributed by atoms with Gasteiger partial charge in [-0.15, -0.1) is 0 Å². The monoisotopic (exact) mass is 631 g/mol. The fraction of sp³-hybridized carbons (Fsp3) is 0.375. The van der Waals surface area contributed by atoms with E-state index in [0.29, 0.717) is 21.3 Å². The van der Waals surface area contributed by atoms with E-state index in [9.17, 15) is 18.0 Å². The van der Waals surface area contributed by atoms with Gasteiger partial charge in [0.15, 0.2) is 0 Å². The van der Waals surface area contributed by atoms with Crippen LogP contribution < -0.4 is 9.62 Å². The molecule has 0 radical (unpaired) electrons. The van der Waals surface area contributed by atoms with Crippen molar-refractivity contribution in [3.8, 4) is 0 Å². The van der Waals surface area contributed by atoms with Crippen molar-refractivity contribution < 1.29 is 18.0 Å². The Morgan fingerprint density at radius 2 is 1.55 bits per heavy atom. The summed E-state index contributed by atoms with van der Waals surface area (Å²) < 4.78 is 26.7. The lowest BCUT2D eigenvalue weighted by Crippen LogP contribution is -2.52. The summed E-state index contributed by atoms with van der Waals surface area (Å²) in [6.07, 6.45) is 2.44. The molecular weight excluding hydrogens is 593 g/mol. The second-order valence-corrected chi connectivity index (χ2v) is 13.2. The maximum atomic E-state index is 14.0. The largest absolute Gasteiger partial charge is 0.352 e. The van der Waals surface area contributed by atoms with Gasteiger partial charge in [-0.05, 0) is 56.0 Å². The van der Waals surface area contributed by atoms with Crippen molar-refractivity contribution in [2.24, 2.45) is 0 Å². The minimum atomic E-state index is -3.60. The number of para-hydroxylation sites is 1. The third-order valence-electron chi connectivity index (χ3n) is 7.20. The summed E-state index contributed by atoms with van der Waals surface area (Å²) in [5, 5.41) is 3.82. The Kier molecular flexibility index (Phi) is 12.3. The summed E-state index contributed by atoms with van der Waals surface area (Å²) in [4.78, 5) is 29.2. The smallest absolute Gasteiger partial charge is 0.243 e. The Morgan fingerprint density at radius 3 is 2.14 bits per heavy atom. The minimum Gasteiger partial charge on any atom is -0.352 e. The number of rotatable bonds is 14. The summed E-state index contributed by atoms with van der Waals surface area (Å²) in [6, 6.07) is 20.9. The second kappa shape index (κ2) is 15.4. The van der Waals surface area contributed by atoms with E-state index in [1.54, 1.807) is 30.3 Å². The van der Waals surface area contributed by atoms with Gasteiger partial charge in [0.25, 0.3) is 0 Å². The standard InChI is InChI=1S/C32H39Cl2N3O4S/c1-5-24(3)35-32(39)30(21-25-14-7-6-8-15-25)36(22-26-27(33)16-11-17-28(26)34)31(38)19-12-20-37(42(4,40)41)29-18-10-9-13-23(29)2/h6-11,13-18,24,30H,5,12,19-22H2,1-4H3,(H,35,39)/t24-,30-/m1/s1. The Bertz CT molecular complexity index is 1450. The van der Waals surface area contributed by atoms with Gasteiger partial charge in [0.1, 0.15) is 6.04 Å². The number of amides is 2. The molecule has 2 atom stereocenters. The third kappa shape index (κ3) is 9.21. The molecule has 0 heterocycles. The molecule has 7 nitrogen and oxygen atoms in total. The molecule has 3 aromatic carbocycles. The van der Waals surface area contributed by atoms with Crippen LogP contribution in [0.5, 0.6) is 0 Å². The highest BCUT2D eigenvalue weighted by Crippen LogP contribution is 2.28. The summed E-state index contributed by atoms with van der Waals surface area (Å²) in [7, 11) is -3.60. The van der Waals surface area contributed by atoms with Crippen LogP contribution >= 0.6 is 23.2 Å². The number of sulfonamides is 1. The minimum absolute atomic E-state index is 0.0157. The lowest BCUT2D eigenvalue weighted by molar-refractivity contribution is -0.141. The predicted octanol–water partition coefficient (Wildman–Crippen LogP) is 6.40. The van der Waals surface area contributed by atoms with Gasteiger partial charge >= 0.3 is 0 Å². The number of anilines is 1. The zero-order valence-electron chi connectivity index (χ0n) is 24.5. The molecule has 0 spiro atoms. The molecule has 0 aliphatic carbocycles. The zero-order valence-corrected chi connectivity index (χ0v) is 26.8. The van der Waals surface area contributed by atoms with Crippen LogP contribution in [0.2, 0.25) is 10.0 Å². The molecule has 0 aliphatic rings. The van der Waals surface area contributed by atoms with E-state index >= 15 is 0 Å². The first-order chi connectivity index (χ1) is 19.9. The molecule has 0 saturated heterocycles. The van der Waals surface area contributed by atoms with E-state index in [-0.39, 0.29) is 50.2 Å². The first kappa shape index (κ1) is 33.4. The number of hydrogen-bond donors (Lipinski definition) is 1. The van der Waals surface area contributed by atoms with Crippen LogP contribution in [0.25, 0.3) is 0 Å². The number of aryl methyl sites for hydroxylation is 1. The van der Waals surface area contributed by atoms with Crippen LogP contribution in [-0.2, 0) is 32.6 Å². The number of carbonyl (C=O) groups excluding carboxylic acids is 2. The van der Waals surface area contributed by atoms with Crippen LogP contribution in [-0.4, -0.2) is 50.0 Å². The molecule has 0 unspecified atom stereocenters. The van der Waals surface area contributed by atoms with Gasteiger partial charge < -0.3 is 10.2 Å². The summed E-state index contributed by atoms with van der Waals surface area (Å²) in [6.45, 7) is 5.87. The quantitative estimate of drug-likeness (QED) is 0.223. The van der Waals surface area contributed by atoms with Crippen LogP contribution in [0.3, 0.4) is 0 Å². The zero-order chi connectivity index (χ0) is 30.9. The number of carbonyl (C=O) groups is 2. The average Bonchev–Trinajstić information content (AvgIpc) is 2.94. The molecule has 0 bridgehead atoms. The van der Waals surface area contributed by atoms with E-state index in [4.69, 9.17) is 23.2 Å². The molecule has 0 saturated carbocycles. The maximum Gasteiger partial charge on any atom is 0.243 e. The number of nitrogens with zero attached hydrogens (tertiary/aromatic N) is 2. The van der Waals surface area contributed by atoms with Gasteiger partial charge in [0, 0.05) is 47.6 Å². The van der Waals surface area contributed by atoms with Gasteiger partial charge in [-0.2, -0.15) is 0 Å². The van der Waals surface area contributed by atoms with E-state index in [1.165, 1.54) is 9.21 Å². The van der Waals surface area contributed by atoms with E-state index in [0.717, 1.165) is 23.8 Å². The second-order valence-electron chi connectivity index (χ2n) is 10.5. The van der Waals surface area contributed by atoms with Crippen molar-refractivity contribution >= 4 is 50.7 Å². The highest BCUT2D eigenvalue weighted by Gasteiger charge is 2.32. The van der Waals surface area contributed by atoms with E-state index in [1.807, 2.05) is 63.2 Å². The fourth-order valence-electron chi connectivity index (χ4n) is 4.67. The first-order valence-electron chi connectivity index (χ1n) is 14.0. The number of hydrogen-bond acceptors (Lipinski definition) is 4. The Hall–Kier alpha value is -3.07. The molecule has 42 heavy (non-hydrogen) atoms.